The average Bonchev–Trinajstić information content (AvgIpc) is 2.74. The lowest BCUT2D eigenvalue weighted by atomic mass is 10.2. The van der Waals surface area contributed by atoms with Gasteiger partial charge in [-0.05, 0) is 42.5 Å². The zero-order valence-corrected chi connectivity index (χ0v) is 11.6. The third kappa shape index (κ3) is 3.12. The van der Waals surface area contributed by atoms with Crippen molar-refractivity contribution in [2.75, 3.05) is 5.75 Å². The Balaban J connectivity index is 2.00. The Morgan fingerprint density at radius 2 is 1.94 bits per heavy atom. The number of thiophene rings is 1. The molecule has 1 heterocycles. The number of hydrogen-bond acceptors (Lipinski definition) is 3. The summed E-state index contributed by atoms with van der Waals surface area (Å²) in [5.41, 5.74) is 2.46. The predicted octanol–water partition coefficient (Wildman–Crippen LogP) is 4.19. The van der Waals surface area contributed by atoms with E-state index in [2.05, 4.69) is 25.1 Å². The van der Waals surface area contributed by atoms with E-state index in [0.717, 1.165) is 4.88 Å². The Hall–Kier alpha value is -0.770. The third-order valence-electron chi connectivity index (χ3n) is 2.69. The van der Waals surface area contributed by atoms with Crippen LogP contribution >= 0.6 is 23.1 Å². The number of aliphatic hydroxyl groups is 1. The minimum Gasteiger partial charge on any atom is -0.387 e. The van der Waals surface area contributed by atoms with Crippen molar-refractivity contribution in [2.24, 2.45) is 0 Å². The fourth-order valence-corrected chi connectivity index (χ4v) is 3.68. The molecule has 0 spiro atoms. The van der Waals surface area contributed by atoms with Gasteiger partial charge in [0, 0.05) is 15.5 Å². The Bertz CT molecular complexity index is 490. The van der Waals surface area contributed by atoms with Gasteiger partial charge in [0.25, 0.3) is 0 Å². The molecular formula is C14H16OS2. The van der Waals surface area contributed by atoms with Crippen molar-refractivity contribution in [2.45, 2.75) is 24.8 Å². The van der Waals surface area contributed by atoms with Crippen LogP contribution in [0.4, 0.5) is 0 Å². The van der Waals surface area contributed by atoms with Crippen molar-refractivity contribution in [3.05, 3.63) is 51.7 Å². The van der Waals surface area contributed by atoms with Crippen LogP contribution in [0, 0.1) is 13.8 Å². The van der Waals surface area contributed by atoms with Crippen LogP contribution in [0.3, 0.4) is 0 Å². The Kier molecular flexibility index (Phi) is 4.26. The number of aryl methyl sites for hydroxylation is 2. The molecule has 2 aromatic rings. The van der Waals surface area contributed by atoms with Crippen LogP contribution < -0.4 is 0 Å². The van der Waals surface area contributed by atoms with E-state index in [0.29, 0.717) is 5.75 Å². The Morgan fingerprint density at radius 1 is 1.18 bits per heavy atom. The third-order valence-corrected chi connectivity index (χ3v) is 5.07. The molecule has 3 heteroatoms. The average molecular weight is 264 g/mol. The lowest BCUT2D eigenvalue weighted by molar-refractivity contribution is 0.207. The van der Waals surface area contributed by atoms with Crippen LogP contribution in [0.25, 0.3) is 0 Å². The summed E-state index contributed by atoms with van der Waals surface area (Å²) in [6, 6.07) is 10.3. The second-order valence-corrected chi connectivity index (χ2v) is 6.07. The number of aliphatic hydroxyl groups excluding tert-OH is 1. The van der Waals surface area contributed by atoms with E-state index in [-0.39, 0.29) is 6.10 Å². The summed E-state index contributed by atoms with van der Waals surface area (Å²) in [6.07, 6.45) is -0.361. The maximum Gasteiger partial charge on any atom is 0.0978 e. The number of thioether (sulfide) groups is 1. The second kappa shape index (κ2) is 5.71. The maximum atomic E-state index is 10.1. The quantitative estimate of drug-likeness (QED) is 0.836. The van der Waals surface area contributed by atoms with Crippen LogP contribution in [0.15, 0.2) is 40.6 Å². The molecule has 1 atom stereocenters. The van der Waals surface area contributed by atoms with Crippen molar-refractivity contribution in [3.8, 4) is 0 Å². The fourth-order valence-electron chi connectivity index (χ4n) is 1.69. The predicted molar refractivity (Wildman–Crippen MR) is 75.9 cm³/mol. The van der Waals surface area contributed by atoms with Gasteiger partial charge >= 0.3 is 0 Å². The van der Waals surface area contributed by atoms with Gasteiger partial charge in [-0.2, -0.15) is 0 Å². The summed E-state index contributed by atoms with van der Waals surface area (Å²) in [5.74, 6) is 0.714. The minimum atomic E-state index is -0.361. The van der Waals surface area contributed by atoms with E-state index < -0.39 is 0 Å². The number of hydrogen-bond donors (Lipinski definition) is 1. The highest BCUT2D eigenvalue weighted by atomic mass is 32.2. The van der Waals surface area contributed by atoms with Gasteiger partial charge in [0.2, 0.25) is 0 Å². The molecule has 90 valence electrons. The van der Waals surface area contributed by atoms with E-state index in [9.17, 15) is 5.11 Å². The summed E-state index contributed by atoms with van der Waals surface area (Å²) in [6.45, 7) is 4.15. The molecular weight excluding hydrogens is 248 g/mol. The first-order valence-corrected chi connectivity index (χ1v) is 7.45. The molecule has 0 fully saturated rings. The SMILES string of the molecule is Cc1ccccc1SCC(O)c1sccc1C. The molecule has 1 aromatic carbocycles. The zero-order chi connectivity index (χ0) is 12.3. The van der Waals surface area contributed by atoms with Crippen LogP contribution in [0.5, 0.6) is 0 Å². The Labute approximate surface area is 111 Å². The first-order valence-electron chi connectivity index (χ1n) is 5.59. The standard InChI is InChI=1S/C14H16OS2/c1-10-5-3-4-6-13(10)17-9-12(15)14-11(2)7-8-16-14/h3-8,12,15H,9H2,1-2H3. The first kappa shape index (κ1) is 12.7. The first-order chi connectivity index (χ1) is 8.18. The molecule has 1 N–H and O–H groups in total. The monoisotopic (exact) mass is 264 g/mol. The highest BCUT2D eigenvalue weighted by Gasteiger charge is 2.12. The Morgan fingerprint density at radius 3 is 2.59 bits per heavy atom. The molecule has 1 aromatic heterocycles. The van der Waals surface area contributed by atoms with Crippen molar-refractivity contribution in [3.63, 3.8) is 0 Å². The van der Waals surface area contributed by atoms with Crippen LogP contribution in [-0.4, -0.2) is 10.9 Å². The van der Waals surface area contributed by atoms with Gasteiger partial charge in [0.05, 0.1) is 6.10 Å². The minimum absolute atomic E-state index is 0.361. The summed E-state index contributed by atoms with van der Waals surface area (Å²) < 4.78 is 0. The summed E-state index contributed by atoms with van der Waals surface area (Å²) in [7, 11) is 0. The lowest BCUT2D eigenvalue weighted by Gasteiger charge is -2.11. The lowest BCUT2D eigenvalue weighted by Crippen LogP contribution is -1.99. The summed E-state index contributed by atoms with van der Waals surface area (Å²) in [5, 5.41) is 12.2. The largest absolute Gasteiger partial charge is 0.387 e. The van der Waals surface area contributed by atoms with E-state index >= 15 is 0 Å². The smallest absolute Gasteiger partial charge is 0.0978 e. The molecule has 17 heavy (non-hydrogen) atoms. The fraction of sp³-hybridized carbons (Fsp3) is 0.286. The van der Waals surface area contributed by atoms with E-state index in [1.165, 1.54) is 16.0 Å². The summed E-state index contributed by atoms with van der Waals surface area (Å²) in [4.78, 5) is 2.34. The molecule has 0 bridgehead atoms. The highest BCUT2D eigenvalue weighted by Crippen LogP contribution is 2.30. The van der Waals surface area contributed by atoms with Crippen molar-refractivity contribution >= 4 is 23.1 Å². The van der Waals surface area contributed by atoms with Gasteiger partial charge in [-0.15, -0.1) is 23.1 Å². The molecule has 1 nitrogen and oxygen atoms in total. The highest BCUT2D eigenvalue weighted by molar-refractivity contribution is 7.99. The van der Waals surface area contributed by atoms with E-state index in [1.807, 2.05) is 24.4 Å². The molecule has 0 saturated heterocycles. The zero-order valence-electron chi connectivity index (χ0n) is 10.0. The molecule has 0 amide bonds. The summed E-state index contributed by atoms with van der Waals surface area (Å²) >= 11 is 3.35. The molecule has 1 unspecified atom stereocenters. The second-order valence-electron chi connectivity index (χ2n) is 4.06. The van der Waals surface area contributed by atoms with Crippen LogP contribution in [0.2, 0.25) is 0 Å². The maximum absolute atomic E-state index is 10.1. The molecule has 2 rings (SSSR count). The molecule has 0 aliphatic carbocycles. The van der Waals surface area contributed by atoms with Gasteiger partial charge in [-0.25, -0.2) is 0 Å². The van der Waals surface area contributed by atoms with E-state index in [1.54, 1.807) is 23.1 Å². The molecule has 0 radical (unpaired) electrons. The molecule has 0 aliphatic heterocycles. The van der Waals surface area contributed by atoms with Crippen molar-refractivity contribution in [1.82, 2.24) is 0 Å². The van der Waals surface area contributed by atoms with Crippen molar-refractivity contribution < 1.29 is 5.11 Å². The normalized spacial score (nSPS) is 12.6. The molecule has 0 aliphatic rings. The topological polar surface area (TPSA) is 20.2 Å². The van der Waals surface area contributed by atoms with E-state index in [4.69, 9.17) is 0 Å². The van der Waals surface area contributed by atoms with Gasteiger partial charge in [-0.1, -0.05) is 18.2 Å². The van der Waals surface area contributed by atoms with Gasteiger partial charge in [0.1, 0.15) is 0 Å². The van der Waals surface area contributed by atoms with Gasteiger partial charge in [-0.3, -0.25) is 0 Å². The van der Waals surface area contributed by atoms with Gasteiger partial charge < -0.3 is 5.11 Å². The number of benzene rings is 1. The number of rotatable bonds is 4. The van der Waals surface area contributed by atoms with Crippen LogP contribution in [-0.2, 0) is 0 Å². The van der Waals surface area contributed by atoms with Crippen molar-refractivity contribution in [1.29, 1.82) is 0 Å². The molecule has 0 saturated carbocycles. The van der Waals surface area contributed by atoms with Crippen LogP contribution in [0.1, 0.15) is 22.1 Å². The van der Waals surface area contributed by atoms with Gasteiger partial charge in [0.15, 0.2) is 0 Å².